The summed E-state index contributed by atoms with van der Waals surface area (Å²) in [5.74, 6) is 0. The summed E-state index contributed by atoms with van der Waals surface area (Å²) >= 11 is 0. The molecule has 176 valence electrons. The Hall–Kier alpha value is -0.833. The van der Waals surface area contributed by atoms with E-state index in [-0.39, 0.29) is 49.8 Å². The van der Waals surface area contributed by atoms with Gasteiger partial charge in [-0.1, -0.05) is 80.1 Å². The van der Waals surface area contributed by atoms with Gasteiger partial charge in [-0.15, -0.1) is 26.7 Å². The molecule has 0 amide bonds. The van der Waals surface area contributed by atoms with Crippen molar-refractivity contribution in [1.82, 2.24) is 0 Å². The van der Waals surface area contributed by atoms with Gasteiger partial charge in [0.15, 0.2) is 0 Å². The molecule has 0 saturated heterocycles. The molecule has 0 aromatic rings. The fourth-order valence-corrected chi connectivity index (χ4v) is 3.84. The smallest absolute Gasteiger partial charge is 0.270 e. The number of rotatable bonds is 0. The molecular weight excluding hydrogens is 515 g/mol. The Bertz CT molecular complexity index is 852. The molecule has 0 unspecified atom stereocenters. The third-order valence-corrected chi connectivity index (χ3v) is 6.86. The zero-order valence-corrected chi connectivity index (χ0v) is 30.1. The second-order valence-corrected chi connectivity index (χ2v) is 10.2. The molecule has 0 aromatic carbocycles. The molecule has 2 heteroatoms. The Labute approximate surface area is 237 Å². The van der Waals surface area contributed by atoms with Crippen LogP contribution in [0, 0.1) is 35.1 Å². The Balaban J connectivity index is 0. The van der Waals surface area contributed by atoms with Crippen LogP contribution in [0.1, 0.15) is 95.9 Å². The minimum atomic E-state index is 0. The molecule has 0 heterocycles. The molecule has 0 aromatic heterocycles. The monoisotopic (exact) mass is 556 g/mol. The molecule has 0 bridgehead atoms. The normalized spacial score (nSPS) is 20.4. The van der Waals surface area contributed by atoms with Crippen LogP contribution in [0.25, 0.3) is 0 Å². The Kier molecular flexibility index (Phi) is 15.9. The summed E-state index contributed by atoms with van der Waals surface area (Å²) in [6, 6.07) is 0. The summed E-state index contributed by atoms with van der Waals surface area (Å²) in [5.41, 5.74) is 11.3. The van der Waals surface area contributed by atoms with E-state index in [1.165, 1.54) is 44.6 Å². The van der Waals surface area contributed by atoms with E-state index < -0.39 is 0 Å². The maximum absolute atomic E-state index is 3.44. The van der Waals surface area contributed by atoms with Crippen LogP contribution in [0.15, 0.2) is 68.9 Å². The van der Waals surface area contributed by atoms with E-state index >= 15 is 0 Å². The molecule has 0 aliphatic heterocycles. The standard InChI is InChI=1S/2C10H15.2C6H7.2Zn/c2*1-7-6-10(4,5)9(3)8(7)2;2*1-6-4-2-3-5-6;;/h2*1-5H3;2*2,4H,3H2,1H3;;/q4*-1;2*+2. The molecule has 0 atom stereocenters. The largest absolute Gasteiger partial charge is 2.00 e. The van der Waals surface area contributed by atoms with Gasteiger partial charge in [0.2, 0.25) is 0 Å². The van der Waals surface area contributed by atoms with Gasteiger partial charge in [0, 0.05) is 0 Å². The maximum atomic E-state index is 3.44. The first-order valence-electron chi connectivity index (χ1n) is 11.8. The summed E-state index contributed by atoms with van der Waals surface area (Å²) in [6.45, 7) is 26.0. The molecule has 0 N–H and O–H groups in total. The van der Waals surface area contributed by atoms with Gasteiger partial charge in [-0.3, -0.25) is 24.3 Å². The zero-order valence-electron chi connectivity index (χ0n) is 24.1. The minimum Gasteiger partial charge on any atom is -0.270 e. The molecule has 4 rings (SSSR count). The molecular formula is C32H44Zn2. The first-order chi connectivity index (χ1) is 14.7. The van der Waals surface area contributed by atoms with E-state index in [9.17, 15) is 0 Å². The Morgan fingerprint density at radius 2 is 0.853 bits per heavy atom. The Morgan fingerprint density at radius 1 is 0.559 bits per heavy atom. The van der Waals surface area contributed by atoms with Crippen molar-refractivity contribution in [3.63, 3.8) is 0 Å². The van der Waals surface area contributed by atoms with Crippen LogP contribution >= 0.6 is 0 Å². The average molecular weight is 559 g/mol. The van der Waals surface area contributed by atoms with E-state index in [2.05, 4.69) is 132 Å². The van der Waals surface area contributed by atoms with Crippen LogP contribution < -0.4 is 0 Å². The van der Waals surface area contributed by atoms with Crippen LogP contribution in [0.4, 0.5) is 0 Å². The van der Waals surface area contributed by atoms with Crippen molar-refractivity contribution < 1.29 is 39.0 Å². The van der Waals surface area contributed by atoms with Gasteiger partial charge in [0.25, 0.3) is 0 Å². The van der Waals surface area contributed by atoms with E-state index in [4.69, 9.17) is 0 Å². The quantitative estimate of drug-likeness (QED) is 0.205. The molecule has 0 spiro atoms. The fraction of sp³-hybridized carbons (Fsp3) is 0.500. The van der Waals surface area contributed by atoms with Gasteiger partial charge >= 0.3 is 39.0 Å². The van der Waals surface area contributed by atoms with Crippen LogP contribution in [-0.2, 0) is 39.0 Å². The summed E-state index contributed by atoms with van der Waals surface area (Å²) in [4.78, 5) is 0. The first kappa shape index (κ1) is 35.3. The number of hydrogen-bond donors (Lipinski definition) is 0. The van der Waals surface area contributed by atoms with Crippen molar-refractivity contribution in [2.75, 3.05) is 0 Å². The van der Waals surface area contributed by atoms with Crippen molar-refractivity contribution in [2.45, 2.75) is 95.9 Å². The SMILES string of the molecule is CC1=[C-]C(C)(C)C(C)=C1C.CC1=[C-]C(C)(C)C(C)=C1C.CC1=[C-]CC=C1.CC1=[C-]CC=C1.[Zn+2].[Zn+2]. The van der Waals surface area contributed by atoms with Crippen LogP contribution in [0.2, 0.25) is 0 Å². The summed E-state index contributed by atoms with van der Waals surface area (Å²) in [7, 11) is 0. The topological polar surface area (TPSA) is 0 Å². The van der Waals surface area contributed by atoms with Gasteiger partial charge in [-0.25, -0.2) is 34.4 Å². The van der Waals surface area contributed by atoms with Gasteiger partial charge in [-0.2, -0.15) is 34.4 Å². The van der Waals surface area contributed by atoms with Crippen LogP contribution in [0.5, 0.6) is 0 Å². The van der Waals surface area contributed by atoms with E-state index in [0.29, 0.717) is 0 Å². The average Bonchev–Trinajstić information content (AvgIpc) is 3.45. The molecule has 4 aliphatic carbocycles. The van der Waals surface area contributed by atoms with Crippen molar-refractivity contribution in [2.24, 2.45) is 10.8 Å². The molecule has 0 saturated carbocycles. The second kappa shape index (κ2) is 15.3. The van der Waals surface area contributed by atoms with E-state index in [0.717, 1.165) is 12.8 Å². The number of allylic oxidation sites excluding steroid dienone is 16. The molecule has 34 heavy (non-hydrogen) atoms. The van der Waals surface area contributed by atoms with Gasteiger partial charge < -0.3 is 0 Å². The van der Waals surface area contributed by atoms with Crippen LogP contribution in [0.3, 0.4) is 0 Å². The summed E-state index contributed by atoms with van der Waals surface area (Å²) in [5, 5.41) is 0. The van der Waals surface area contributed by atoms with Crippen LogP contribution in [-0.4, -0.2) is 0 Å². The third kappa shape index (κ3) is 10.8. The second-order valence-electron chi connectivity index (χ2n) is 10.2. The summed E-state index contributed by atoms with van der Waals surface area (Å²) < 4.78 is 0. The van der Waals surface area contributed by atoms with Crippen molar-refractivity contribution in [3.8, 4) is 0 Å². The zero-order chi connectivity index (χ0) is 24.7. The fourth-order valence-electron chi connectivity index (χ4n) is 3.84. The molecule has 4 aliphatic rings. The molecule has 0 radical (unpaired) electrons. The summed E-state index contributed by atoms with van der Waals surface area (Å²) in [6.07, 6.45) is 23.5. The minimum absolute atomic E-state index is 0. The van der Waals surface area contributed by atoms with Gasteiger partial charge in [-0.05, 0) is 0 Å². The maximum Gasteiger partial charge on any atom is 2.00 e. The third-order valence-electron chi connectivity index (χ3n) is 6.86. The predicted molar refractivity (Wildman–Crippen MR) is 142 cm³/mol. The van der Waals surface area contributed by atoms with Gasteiger partial charge in [0.1, 0.15) is 0 Å². The first-order valence-corrected chi connectivity index (χ1v) is 11.8. The molecule has 0 nitrogen and oxygen atoms in total. The van der Waals surface area contributed by atoms with E-state index in [1.807, 2.05) is 0 Å². The number of hydrogen-bond acceptors (Lipinski definition) is 0. The van der Waals surface area contributed by atoms with Crippen molar-refractivity contribution >= 4 is 0 Å². The van der Waals surface area contributed by atoms with Crippen molar-refractivity contribution in [1.29, 1.82) is 0 Å². The predicted octanol–water partition coefficient (Wildman–Crippen LogP) is 9.61. The molecule has 0 fully saturated rings. The van der Waals surface area contributed by atoms with Gasteiger partial charge in [0.05, 0.1) is 0 Å². The Morgan fingerprint density at radius 3 is 0.912 bits per heavy atom. The van der Waals surface area contributed by atoms with E-state index in [1.54, 1.807) is 0 Å². The van der Waals surface area contributed by atoms with Crippen molar-refractivity contribution in [3.05, 3.63) is 93.2 Å².